The van der Waals surface area contributed by atoms with Crippen LogP contribution in [0.15, 0.2) is 0 Å². The minimum atomic E-state index is -1.73. The first-order chi connectivity index (χ1) is 3.35. The predicted octanol–water partition coefficient (Wildman–Crippen LogP) is 0.289. The Kier molecular flexibility index (Phi) is 4.93. The number of hydrogen-bond donors (Lipinski definition) is 0. The molecule has 3 nitrogen and oxygen atoms in total. The fourth-order valence-electron chi connectivity index (χ4n) is 0.224. The summed E-state index contributed by atoms with van der Waals surface area (Å²) in [6, 6.07) is 0. The summed E-state index contributed by atoms with van der Waals surface area (Å²) in [5, 5.41) is 0. The molecule has 0 heterocycles. The van der Waals surface area contributed by atoms with E-state index in [1.807, 2.05) is 0 Å². The fourth-order valence-corrected chi connectivity index (χ4v) is 0.922. The summed E-state index contributed by atoms with van der Waals surface area (Å²) in [6.07, 6.45) is 0. The number of rotatable bonds is 3. The molecule has 0 N–H and O–H groups in total. The van der Waals surface area contributed by atoms with Crippen molar-refractivity contribution >= 4 is 0 Å². The SMILES string of the molecule is C[O][V+2]([O]C)[O]C. The summed E-state index contributed by atoms with van der Waals surface area (Å²) >= 11 is -1.73. The van der Waals surface area contributed by atoms with E-state index in [2.05, 4.69) is 0 Å². The van der Waals surface area contributed by atoms with Crippen molar-refractivity contribution in [1.29, 1.82) is 0 Å². The predicted molar refractivity (Wildman–Crippen MR) is 21.0 cm³/mol. The molecular formula is C3H9O3V+2. The quantitative estimate of drug-likeness (QED) is 0.569. The van der Waals surface area contributed by atoms with Crippen LogP contribution in [0.5, 0.6) is 0 Å². The number of hydrogen-bond acceptors (Lipinski definition) is 3. The van der Waals surface area contributed by atoms with Gasteiger partial charge in [0.25, 0.3) is 0 Å². The first kappa shape index (κ1) is 7.46. The van der Waals surface area contributed by atoms with E-state index in [9.17, 15) is 0 Å². The van der Waals surface area contributed by atoms with Crippen LogP contribution in [-0.4, -0.2) is 21.3 Å². The van der Waals surface area contributed by atoms with E-state index in [-0.39, 0.29) is 0 Å². The van der Waals surface area contributed by atoms with E-state index >= 15 is 0 Å². The summed E-state index contributed by atoms with van der Waals surface area (Å²) in [4.78, 5) is 0. The molecule has 0 fully saturated rings. The molecule has 7 heavy (non-hydrogen) atoms. The molecule has 0 aromatic carbocycles. The molecule has 0 saturated heterocycles. The van der Waals surface area contributed by atoms with Gasteiger partial charge in [-0.15, -0.1) is 0 Å². The van der Waals surface area contributed by atoms with E-state index in [1.165, 1.54) is 0 Å². The van der Waals surface area contributed by atoms with Crippen molar-refractivity contribution in [2.75, 3.05) is 21.3 Å². The molecule has 0 aromatic heterocycles. The molecule has 0 aliphatic rings. The molecule has 0 aliphatic carbocycles. The Labute approximate surface area is 49.2 Å². The van der Waals surface area contributed by atoms with Gasteiger partial charge in [-0.05, 0) is 0 Å². The second-order valence-electron chi connectivity index (χ2n) is 0.771. The van der Waals surface area contributed by atoms with Crippen molar-refractivity contribution in [2.24, 2.45) is 0 Å². The Morgan fingerprint density at radius 2 is 1.14 bits per heavy atom. The van der Waals surface area contributed by atoms with Gasteiger partial charge < -0.3 is 0 Å². The molecule has 0 amide bonds. The third kappa shape index (κ3) is 3.08. The van der Waals surface area contributed by atoms with Crippen LogP contribution < -0.4 is 0 Å². The van der Waals surface area contributed by atoms with E-state index in [0.717, 1.165) is 0 Å². The molecule has 0 bridgehead atoms. The van der Waals surface area contributed by atoms with Crippen LogP contribution in [0.3, 0.4) is 0 Å². The van der Waals surface area contributed by atoms with Gasteiger partial charge in [0, 0.05) is 0 Å². The molecule has 0 aliphatic heterocycles. The van der Waals surface area contributed by atoms with Crippen molar-refractivity contribution in [3.05, 3.63) is 0 Å². The zero-order valence-electron chi connectivity index (χ0n) is 4.67. The summed E-state index contributed by atoms with van der Waals surface area (Å²) in [5.41, 5.74) is 0. The van der Waals surface area contributed by atoms with Gasteiger partial charge in [0.15, 0.2) is 0 Å². The van der Waals surface area contributed by atoms with E-state index in [0.29, 0.717) is 0 Å². The molecule has 0 rings (SSSR count). The van der Waals surface area contributed by atoms with Crippen LogP contribution >= 0.6 is 0 Å². The maximum absolute atomic E-state index is 4.75. The first-order valence-electron chi connectivity index (χ1n) is 1.77. The third-order valence-corrected chi connectivity index (χ3v) is 1.84. The van der Waals surface area contributed by atoms with E-state index in [4.69, 9.17) is 11.0 Å². The van der Waals surface area contributed by atoms with Crippen molar-refractivity contribution in [2.45, 2.75) is 0 Å². The molecule has 0 atom stereocenters. The van der Waals surface area contributed by atoms with Gasteiger partial charge in [-0.2, -0.15) is 0 Å². The molecule has 4 heteroatoms. The normalized spacial score (nSPS) is 9.00. The van der Waals surface area contributed by atoms with Gasteiger partial charge in [-0.3, -0.25) is 0 Å². The second-order valence-corrected chi connectivity index (χ2v) is 3.18. The summed E-state index contributed by atoms with van der Waals surface area (Å²) in [6.45, 7) is 0. The minimum absolute atomic E-state index is 1.58. The van der Waals surface area contributed by atoms with Crippen LogP contribution in [-0.2, 0) is 27.2 Å². The summed E-state index contributed by atoms with van der Waals surface area (Å²) in [7, 11) is 4.73. The Morgan fingerprint density at radius 1 is 0.857 bits per heavy atom. The van der Waals surface area contributed by atoms with Gasteiger partial charge in [-0.25, -0.2) is 0 Å². The zero-order chi connectivity index (χ0) is 5.70. The molecule has 0 spiro atoms. The van der Waals surface area contributed by atoms with Crippen LogP contribution in [0.4, 0.5) is 0 Å². The fraction of sp³-hybridized carbons (Fsp3) is 1.00. The van der Waals surface area contributed by atoms with Crippen molar-refractivity contribution in [3.63, 3.8) is 0 Å². The summed E-state index contributed by atoms with van der Waals surface area (Å²) < 4.78 is 14.2. The molecule has 42 valence electrons. The monoisotopic (exact) mass is 144 g/mol. The van der Waals surface area contributed by atoms with Gasteiger partial charge in [0.1, 0.15) is 0 Å². The van der Waals surface area contributed by atoms with Gasteiger partial charge in [0.2, 0.25) is 0 Å². The van der Waals surface area contributed by atoms with Crippen molar-refractivity contribution in [1.82, 2.24) is 0 Å². The molecule has 0 aromatic rings. The molecule has 0 radical (unpaired) electrons. The third-order valence-electron chi connectivity index (χ3n) is 0.447. The van der Waals surface area contributed by atoms with E-state index < -0.39 is 16.2 Å². The molecule has 0 unspecified atom stereocenters. The Balaban J connectivity index is 2.99. The van der Waals surface area contributed by atoms with Crippen LogP contribution in [0.1, 0.15) is 0 Å². The zero-order valence-corrected chi connectivity index (χ0v) is 6.07. The standard InChI is InChI=1S/3CH3O.V/c3*1-2;/h3*1H3;/q3*-1;+5. The molecule has 0 saturated carbocycles. The van der Waals surface area contributed by atoms with Crippen LogP contribution in [0.25, 0.3) is 0 Å². The van der Waals surface area contributed by atoms with E-state index in [1.54, 1.807) is 21.3 Å². The Bertz CT molecular complexity index is 31.7. The topological polar surface area (TPSA) is 27.7 Å². The van der Waals surface area contributed by atoms with Crippen LogP contribution in [0.2, 0.25) is 0 Å². The maximum atomic E-state index is 4.75. The van der Waals surface area contributed by atoms with Gasteiger partial charge in [-0.1, -0.05) is 0 Å². The molecular weight excluding hydrogens is 135 g/mol. The average molecular weight is 144 g/mol. The Morgan fingerprint density at radius 3 is 1.14 bits per heavy atom. The average Bonchev–Trinajstić information content (AvgIpc) is 1.72. The van der Waals surface area contributed by atoms with Gasteiger partial charge in [0.05, 0.1) is 0 Å². The summed E-state index contributed by atoms with van der Waals surface area (Å²) in [5.74, 6) is 0. The van der Waals surface area contributed by atoms with Crippen molar-refractivity contribution in [3.8, 4) is 0 Å². The van der Waals surface area contributed by atoms with Gasteiger partial charge >= 0.3 is 48.5 Å². The Hall–Kier alpha value is 0.464. The van der Waals surface area contributed by atoms with Crippen LogP contribution in [0, 0.1) is 0 Å². The first-order valence-corrected chi connectivity index (χ1v) is 3.48. The second kappa shape index (κ2) is 4.62. The van der Waals surface area contributed by atoms with Crippen molar-refractivity contribution < 1.29 is 27.2 Å².